The molecule has 0 rings (SSSR count). The average Bonchev–Trinajstić information content (AvgIpc) is 2.12. The fraction of sp³-hybridized carbons (Fsp3) is 1.00. The largest absolute Gasteiger partial charge is 0.395 e. The number of hydrogen-bond acceptors (Lipinski definition) is 3. The lowest BCUT2D eigenvalue weighted by molar-refractivity contribution is 0.0963. The highest BCUT2D eigenvalue weighted by Crippen LogP contribution is 1.96. The van der Waals surface area contributed by atoms with E-state index in [9.17, 15) is 0 Å². The number of aliphatic hydroxyl groups is 1. The van der Waals surface area contributed by atoms with Crippen LogP contribution in [0, 0.1) is 0 Å². The summed E-state index contributed by atoms with van der Waals surface area (Å²) in [6.07, 6.45) is 0. The van der Waals surface area contributed by atoms with Gasteiger partial charge in [-0.25, -0.2) is 0 Å². The fourth-order valence-electron chi connectivity index (χ4n) is 1.02. The van der Waals surface area contributed by atoms with Gasteiger partial charge in [0.1, 0.15) is 0 Å². The molecule has 0 fully saturated rings. The van der Waals surface area contributed by atoms with Crippen LogP contribution in [-0.4, -0.2) is 54.4 Å². The molecule has 3 nitrogen and oxygen atoms in total. The lowest BCUT2D eigenvalue weighted by atomic mass is 10.3. The minimum Gasteiger partial charge on any atom is -0.395 e. The Morgan fingerprint density at radius 3 is 2.08 bits per heavy atom. The van der Waals surface area contributed by atoms with Gasteiger partial charge in [-0.3, -0.25) is 9.80 Å². The highest BCUT2D eigenvalue weighted by Gasteiger charge is 2.09. The number of hydrogen-bond donors (Lipinski definition) is 1. The Morgan fingerprint density at radius 2 is 1.75 bits per heavy atom. The lowest BCUT2D eigenvalue weighted by Gasteiger charge is -2.29. The molecule has 0 spiro atoms. The van der Waals surface area contributed by atoms with E-state index in [0.29, 0.717) is 0 Å². The monoisotopic (exact) mass is 174 g/mol. The van der Waals surface area contributed by atoms with Gasteiger partial charge in [0.05, 0.1) is 13.3 Å². The Hall–Kier alpha value is -0.120. The van der Waals surface area contributed by atoms with Crippen molar-refractivity contribution in [1.82, 2.24) is 9.80 Å². The number of nitrogens with zero attached hydrogens (tertiary/aromatic N) is 2. The third-order valence-electron chi connectivity index (χ3n) is 2.33. The summed E-state index contributed by atoms with van der Waals surface area (Å²) in [5.41, 5.74) is 0. The van der Waals surface area contributed by atoms with Crippen LogP contribution in [0.25, 0.3) is 0 Å². The molecule has 3 heteroatoms. The van der Waals surface area contributed by atoms with Crippen LogP contribution in [0.15, 0.2) is 0 Å². The van der Waals surface area contributed by atoms with Gasteiger partial charge >= 0.3 is 0 Å². The average molecular weight is 174 g/mol. The molecule has 0 radical (unpaired) electrons. The minimum absolute atomic E-state index is 0.234. The molecule has 0 aliphatic carbocycles. The van der Waals surface area contributed by atoms with Crippen LogP contribution >= 0.6 is 0 Å². The Labute approximate surface area is 76.0 Å². The van der Waals surface area contributed by atoms with Gasteiger partial charge in [-0.2, -0.15) is 0 Å². The summed E-state index contributed by atoms with van der Waals surface area (Å²) in [6, 6.07) is 0.255. The smallest absolute Gasteiger partial charge is 0.0584 e. The van der Waals surface area contributed by atoms with Gasteiger partial charge < -0.3 is 5.11 Å². The molecule has 0 aliphatic rings. The van der Waals surface area contributed by atoms with Crippen molar-refractivity contribution >= 4 is 0 Å². The second kappa shape index (κ2) is 6.40. The second-order valence-electron chi connectivity index (χ2n) is 3.23. The first-order valence-electron chi connectivity index (χ1n) is 4.69. The Bertz CT molecular complexity index is 105. The van der Waals surface area contributed by atoms with Crippen LogP contribution in [0.5, 0.6) is 0 Å². The zero-order chi connectivity index (χ0) is 9.56. The maximum absolute atomic E-state index is 8.90. The van der Waals surface area contributed by atoms with Crippen LogP contribution in [0.1, 0.15) is 20.8 Å². The molecule has 0 aromatic rings. The van der Waals surface area contributed by atoms with Crippen molar-refractivity contribution in [2.45, 2.75) is 26.8 Å². The van der Waals surface area contributed by atoms with Gasteiger partial charge in [-0.05, 0) is 27.1 Å². The molecule has 1 unspecified atom stereocenters. The Kier molecular flexibility index (Phi) is 6.34. The zero-order valence-electron chi connectivity index (χ0n) is 8.75. The normalized spacial score (nSPS) is 14.2. The first-order valence-corrected chi connectivity index (χ1v) is 4.69. The molecule has 0 aromatic carbocycles. The molecular weight excluding hydrogens is 152 g/mol. The van der Waals surface area contributed by atoms with E-state index in [1.807, 2.05) is 14.0 Å². The van der Waals surface area contributed by atoms with Gasteiger partial charge in [-0.1, -0.05) is 13.8 Å². The van der Waals surface area contributed by atoms with E-state index in [1.165, 1.54) is 0 Å². The third kappa shape index (κ3) is 4.04. The molecule has 0 heterocycles. The highest BCUT2D eigenvalue weighted by molar-refractivity contribution is 4.61. The van der Waals surface area contributed by atoms with Crippen molar-refractivity contribution in [1.29, 1.82) is 0 Å². The highest BCUT2D eigenvalue weighted by atomic mass is 16.3. The number of rotatable bonds is 6. The molecule has 0 saturated carbocycles. The summed E-state index contributed by atoms with van der Waals surface area (Å²) >= 11 is 0. The van der Waals surface area contributed by atoms with E-state index in [2.05, 4.69) is 23.6 Å². The number of aliphatic hydroxyl groups excluding tert-OH is 1. The summed E-state index contributed by atoms with van der Waals surface area (Å²) in [4.78, 5) is 4.49. The second-order valence-corrected chi connectivity index (χ2v) is 3.23. The van der Waals surface area contributed by atoms with Gasteiger partial charge in [0, 0.05) is 6.04 Å². The lowest BCUT2D eigenvalue weighted by Crippen LogP contribution is -2.41. The molecule has 12 heavy (non-hydrogen) atoms. The predicted molar refractivity (Wildman–Crippen MR) is 52.1 cm³/mol. The van der Waals surface area contributed by atoms with Crippen molar-refractivity contribution in [3.05, 3.63) is 0 Å². The van der Waals surface area contributed by atoms with Crippen molar-refractivity contribution in [2.24, 2.45) is 0 Å². The van der Waals surface area contributed by atoms with Crippen LogP contribution in [0.2, 0.25) is 0 Å². The molecule has 0 bridgehead atoms. The Morgan fingerprint density at radius 1 is 1.25 bits per heavy atom. The molecule has 0 saturated heterocycles. The van der Waals surface area contributed by atoms with E-state index >= 15 is 0 Å². The molecule has 74 valence electrons. The fourth-order valence-corrected chi connectivity index (χ4v) is 1.02. The van der Waals surface area contributed by atoms with Crippen molar-refractivity contribution in [3.63, 3.8) is 0 Å². The summed E-state index contributed by atoms with van der Waals surface area (Å²) < 4.78 is 0. The third-order valence-corrected chi connectivity index (χ3v) is 2.33. The maximum atomic E-state index is 8.90. The van der Waals surface area contributed by atoms with Crippen LogP contribution in [-0.2, 0) is 0 Å². The Balaban J connectivity index is 3.72. The molecule has 0 amide bonds. The number of likely N-dealkylation sites (N-methyl/N-ethyl adjacent to an activating group) is 1. The van der Waals surface area contributed by atoms with E-state index in [4.69, 9.17) is 5.11 Å². The van der Waals surface area contributed by atoms with Gasteiger partial charge in [0.2, 0.25) is 0 Å². The van der Waals surface area contributed by atoms with Crippen molar-refractivity contribution < 1.29 is 5.11 Å². The first-order chi connectivity index (χ1) is 5.65. The van der Waals surface area contributed by atoms with Crippen LogP contribution in [0.3, 0.4) is 0 Å². The zero-order valence-corrected chi connectivity index (χ0v) is 8.75. The maximum Gasteiger partial charge on any atom is 0.0584 e. The minimum atomic E-state index is 0.234. The molecule has 0 aromatic heterocycles. The SMILES string of the molecule is CCN(CC)CN(C)C(C)CO. The van der Waals surface area contributed by atoms with Crippen LogP contribution < -0.4 is 0 Å². The first kappa shape index (κ1) is 11.9. The van der Waals surface area contributed by atoms with Gasteiger partial charge in [-0.15, -0.1) is 0 Å². The summed E-state index contributed by atoms with van der Waals surface area (Å²) in [7, 11) is 2.04. The standard InChI is InChI=1S/C9H22N2O/c1-5-11(6-2)8-10(4)9(3)7-12/h9,12H,5-8H2,1-4H3. The molecule has 1 atom stereocenters. The summed E-state index contributed by atoms with van der Waals surface area (Å²) in [6.45, 7) is 9.65. The van der Waals surface area contributed by atoms with E-state index in [0.717, 1.165) is 19.8 Å². The van der Waals surface area contributed by atoms with Gasteiger partial charge in [0.15, 0.2) is 0 Å². The quantitative estimate of drug-likeness (QED) is 0.597. The summed E-state index contributed by atoms with van der Waals surface area (Å²) in [5, 5.41) is 8.90. The van der Waals surface area contributed by atoms with Crippen molar-refractivity contribution in [2.75, 3.05) is 33.4 Å². The topological polar surface area (TPSA) is 26.7 Å². The van der Waals surface area contributed by atoms with E-state index < -0.39 is 0 Å². The predicted octanol–water partition coefficient (Wildman–Crippen LogP) is 0.598. The van der Waals surface area contributed by atoms with Crippen molar-refractivity contribution in [3.8, 4) is 0 Å². The van der Waals surface area contributed by atoms with Gasteiger partial charge in [0.25, 0.3) is 0 Å². The van der Waals surface area contributed by atoms with Crippen LogP contribution in [0.4, 0.5) is 0 Å². The molecular formula is C9H22N2O. The van der Waals surface area contributed by atoms with E-state index in [1.54, 1.807) is 0 Å². The molecule has 0 aliphatic heterocycles. The van der Waals surface area contributed by atoms with E-state index in [-0.39, 0.29) is 12.6 Å². The molecule has 1 N–H and O–H groups in total. The summed E-state index contributed by atoms with van der Waals surface area (Å²) in [5.74, 6) is 0.